The number of hydrogen-bond acceptors (Lipinski definition) is 6. The van der Waals surface area contributed by atoms with Gasteiger partial charge in [0.2, 0.25) is 0 Å². The highest BCUT2D eigenvalue weighted by Gasteiger charge is 2.18. The molecule has 1 aromatic carbocycles. The molecule has 1 amide bonds. The molecule has 2 aromatic heterocycles. The van der Waals surface area contributed by atoms with Crippen LogP contribution in [-0.2, 0) is 5.41 Å². The summed E-state index contributed by atoms with van der Waals surface area (Å²) in [6.45, 7) is 7.25. The number of amides is 1. The second-order valence-corrected chi connectivity index (χ2v) is 8.61. The molecule has 3 heterocycles. The fourth-order valence-electron chi connectivity index (χ4n) is 2.78. The fraction of sp³-hybridized carbons (Fsp3) is 0.286. The van der Waals surface area contributed by atoms with Crippen LogP contribution in [0.3, 0.4) is 0 Å². The normalized spacial score (nSPS) is 13.2. The topological polar surface area (TPSA) is 73.3 Å². The molecule has 7 heteroatoms. The Balaban J connectivity index is 1.49. The summed E-state index contributed by atoms with van der Waals surface area (Å²) in [6, 6.07) is 9.57. The van der Waals surface area contributed by atoms with Crippen LogP contribution in [0.15, 0.2) is 42.7 Å². The zero-order chi connectivity index (χ0) is 19.7. The Hall–Kier alpha value is -2.93. The quantitative estimate of drug-likeness (QED) is 0.705. The molecule has 0 radical (unpaired) electrons. The van der Waals surface area contributed by atoms with Crippen LogP contribution < -0.4 is 14.8 Å². The summed E-state index contributed by atoms with van der Waals surface area (Å²) < 4.78 is 11.2. The molecule has 0 unspecified atom stereocenters. The van der Waals surface area contributed by atoms with Crippen LogP contribution in [-0.4, -0.2) is 29.1 Å². The first-order chi connectivity index (χ1) is 13.4. The molecule has 1 N–H and O–H groups in total. The lowest BCUT2D eigenvalue weighted by Gasteiger charge is -2.18. The number of carbonyl (C=O) groups excluding carboxylic acids is 1. The number of nitrogens with one attached hydrogen (secondary N) is 1. The first kappa shape index (κ1) is 18.4. The van der Waals surface area contributed by atoms with Gasteiger partial charge < -0.3 is 14.8 Å². The summed E-state index contributed by atoms with van der Waals surface area (Å²) in [6.07, 6.45) is 3.28. The average Bonchev–Trinajstić information content (AvgIpc) is 3.18. The number of benzene rings is 1. The summed E-state index contributed by atoms with van der Waals surface area (Å²) in [4.78, 5) is 22.9. The van der Waals surface area contributed by atoms with Crippen LogP contribution in [0.25, 0.3) is 10.4 Å². The Morgan fingerprint density at radius 1 is 1.04 bits per heavy atom. The van der Waals surface area contributed by atoms with Gasteiger partial charge in [-0.25, -0.2) is 9.97 Å². The van der Waals surface area contributed by atoms with Gasteiger partial charge in [-0.15, -0.1) is 11.3 Å². The molecule has 0 bridgehead atoms. The van der Waals surface area contributed by atoms with Crippen molar-refractivity contribution < 1.29 is 14.3 Å². The van der Waals surface area contributed by atoms with E-state index in [2.05, 4.69) is 15.3 Å². The van der Waals surface area contributed by atoms with E-state index in [0.717, 1.165) is 27.8 Å². The molecular formula is C21H21N3O3S. The van der Waals surface area contributed by atoms with E-state index >= 15 is 0 Å². The lowest BCUT2D eigenvalue weighted by atomic mass is 9.96. The average molecular weight is 395 g/mol. The number of carbonyl (C=O) groups is 1. The van der Waals surface area contributed by atoms with Gasteiger partial charge in [-0.1, -0.05) is 20.8 Å². The van der Waals surface area contributed by atoms with E-state index in [0.29, 0.717) is 23.8 Å². The Morgan fingerprint density at radius 3 is 2.46 bits per heavy atom. The second kappa shape index (κ2) is 7.24. The summed E-state index contributed by atoms with van der Waals surface area (Å²) in [5, 5.41) is 2.85. The van der Waals surface area contributed by atoms with Crippen molar-refractivity contribution in [2.45, 2.75) is 26.2 Å². The molecule has 1 aliphatic heterocycles. The molecule has 4 rings (SSSR count). The van der Waals surface area contributed by atoms with Crippen molar-refractivity contribution in [1.82, 2.24) is 9.97 Å². The second-order valence-electron chi connectivity index (χ2n) is 7.52. The molecule has 0 saturated carbocycles. The number of hydrogen-bond donors (Lipinski definition) is 1. The van der Waals surface area contributed by atoms with Crippen molar-refractivity contribution in [3.05, 3.63) is 53.4 Å². The van der Waals surface area contributed by atoms with E-state index in [-0.39, 0.29) is 11.3 Å². The zero-order valence-corrected chi connectivity index (χ0v) is 16.8. The van der Waals surface area contributed by atoms with Crippen LogP contribution in [0.2, 0.25) is 0 Å². The van der Waals surface area contributed by atoms with Gasteiger partial charge in [0.25, 0.3) is 5.91 Å². The number of ether oxygens (including phenoxy) is 2. The maximum atomic E-state index is 12.6. The number of fused-ring (bicyclic) bond motifs is 1. The van der Waals surface area contributed by atoms with Crippen molar-refractivity contribution in [1.29, 1.82) is 0 Å². The third kappa shape index (κ3) is 3.84. The van der Waals surface area contributed by atoms with Crippen LogP contribution in [0.1, 0.15) is 36.3 Å². The minimum absolute atomic E-state index is 0.130. The van der Waals surface area contributed by atoms with E-state index in [4.69, 9.17) is 9.47 Å². The highest BCUT2D eigenvalue weighted by atomic mass is 32.1. The summed E-state index contributed by atoms with van der Waals surface area (Å²) in [5.41, 5.74) is 1.44. The van der Waals surface area contributed by atoms with Crippen LogP contribution in [0.4, 0.5) is 5.69 Å². The molecule has 1 aliphatic rings. The monoisotopic (exact) mass is 395 g/mol. The molecule has 0 atom stereocenters. The van der Waals surface area contributed by atoms with Crippen molar-refractivity contribution >= 4 is 22.9 Å². The third-order valence-corrected chi connectivity index (χ3v) is 5.37. The number of aromatic nitrogens is 2. The zero-order valence-electron chi connectivity index (χ0n) is 16.0. The van der Waals surface area contributed by atoms with Gasteiger partial charge in [-0.2, -0.15) is 0 Å². The maximum absolute atomic E-state index is 12.6. The first-order valence-electron chi connectivity index (χ1n) is 9.04. The van der Waals surface area contributed by atoms with Crippen molar-refractivity contribution in [3.8, 4) is 21.9 Å². The van der Waals surface area contributed by atoms with E-state index in [1.807, 2.05) is 51.1 Å². The summed E-state index contributed by atoms with van der Waals surface area (Å²) in [7, 11) is 0. The molecule has 0 aliphatic carbocycles. The molecule has 28 heavy (non-hydrogen) atoms. The highest BCUT2D eigenvalue weighted by Crippen LogP contribution is 2.37. The third-order valence-electron chi connectivity index (χ3n) is 4.24. The van der Waals surface area contributed by atoms with Gasteiger partial charge in [0.05, 0.1) is 23.0 Å². The number of nitrogens with zero attached hydrogens (tertiary/aromatic N) is 2. The SMILES string of the molecule is CC(C)(C)c1ncc(NC(=O)c2ccc(-c3ccc4c(c3)OCCO4)s2)cn1. The largest absolute Gasteiger partial charge is 0.486 e. The van der Waals surface area contributed by atoms with Crippen molar-refractivity contribution in [3.63, 3.8) is 0 Å². The van der Waals surface area contributed by atoms with E-state index in [1.165, 1.54) is 11.3 Å². The van der Waals surface area contributed by atoms with Gasteiger partial charge in [0, 0.05) is 10.3 Å². The van der Waals surface area contributed by atoms with Crippen LogP contribution in [0, 0.1) is 0 Å². The molecule has 0 fully saturated rings. The molecule has 3 aromatic rings. The van der Waals surface area contributed by atoms with Gasteiger partial charge in [0.1, 0.15) is 19.0 Å². The number of anilines is 1. The van der Waals surface area contributed by atoms with Crippen LogP contribution >= 0.6 is 11.3 Å². The Labute approximate surface area is 167 Å². The van der Waals surface area contributed by atoms with Gasteiger partial charge >= 0.3 is 0 Å². The number of thiophene rings is 1. The van der Waals surface area contributed by atoms with Crippen molar-refractivity contribution in [2.75, 3.05) is 18.5 Å². The predicted molar refractivity (Wildman–Crippen MR) is 109 cm³/mol. The molecule has 144 valence electrons. The van der Waals surface area contributed by atoms with Crippen LogP contribution in [0.5, 0.6) is 11.5 Å². The lowest BCUT2D eigenvalue weighted by Crippen LogP contribution is -2.17. The van der Waals surface area contributed by atoms with E-state index in [9.17, 15) is 4.79 Å². The summed E-state index contributed by atoms with van der Waals surface area (Å²) in [5.74, 6) is 2.05. The first-order valence-corrected chi connectivity index (χ1v) is 9.85. The minimum atomic E-state index is -0.180. The molecule has 0 saturated heterocycles. The fourth-order valence-corrected chi connectivity index (χ4v) is 3.68. The maximum Gasteiger partial charge on any atom is 0.265 e. The predicted octanol–water partition coefficient (Wildman–Crippen LogP) is 4.53. The standard InChI is InChI=1S/C21H21N3O3S/c1-21(2,3)20-22-11-14(12-23-20)24-19(25)18-7-6-17(28-18)13-4-5-15-16(10-13)27-9-8-26-15/h4-7,10-12H,8-9H2,1-3H3,(H,24,25). The minimum Gasteiger partial charge on any atom is -0.486 e. The number of rotatable bonds is 3. The van der Waals surface area contributed by atoms with Gasteiger partial charge in [0.15, 0.2) is 11.5 Å². The van der Waals surface area contributed by atoms with Gasteiger partial charge in [-0.05, 0) is 35.9 Å². The lowest BCUT2D eigenvalue weighted by molar-refractivity contribution is 0.103. The Bertz CT molecular complexity index is 1010. The van der Waals surface area contributed by atoms with Crippen molar-refractivity contribution in [2.24, 2.45) is 0 Å². The highest BCUT2D eigenvalue weighted by molar-refractivity contribution is 7.17. The van der Waals surface area contributed by atoms with Gasteiger partial charge in [-0.3, -0.25) is 4.79 Å². The smallest absolute Gasteiger partial charge is 0.265 e. The van der Waals surface area contributed by atoms with E-state index < -0.39 is 0 Å². The molecular weight excluding hydrogens is 374 g/mol. The molecule has 6 nitrogen and oxygen atoms in total. The Morgan fingerprint density at radius 2 is 1.75 bits per heavy atom. The molecule has 0 spiro atoms. The Kier molecular flexibility index (Phi) is 4.77. The van der Waals surface area contributed by atoms with E-state index in [1.54, 1.807) is 12.4 Å². The summed E-state index contributed by atoms with van der Waals surface area (Å²) >= 11 is 1.42.